The Morgan fingerprint density at radius 3 is 2.44 bits per heavy atom. The number of aryl methyl sites for hydroxylation is 2. The summed E-state index contributed by atoms with van der Waals surface area (Å²) in [5.41, 5.74) is 3.65. The van der Waals surface area contributed by atoms with Crippen molar-refractivity contribution in [3.63, 3.8) is 0 Å². The van der Waals surface area contributed by atoms with Crippen LogP contribution in [0.5, 0.6) is 5.75 Å². The summed E-state index contributed by atoms with van der Waals surface area (Å²) in [6.07, 6.45) is 1.44. The van der Waals surface area contributed by atoms with Crippen LogP contribution < -0.4 is 15.0 Å². The van der Waals surface area contributed by atoms with Gasteiger partial charge in [-0.25, -0.2) is 9.69 Å². The number of barbiturate groups is 1. The van der Waals surface area contributed by atoms with E-state index in [1.165, 1.54) is 6.08 Å². The van der Waals surface area contributed by atoms with Gasteiger partial charge in [-0.3, -0.25) is 14.9 Å². The Hall–Kier alpha value is -3.23. The zero-order valence-corrected chi connectivity index (χ0v) is 21.6. The standard InChI is InChI=1S/C26H20Br2N2O4/c1-15-7-9-20(11-16(15)2)30-25(32)21(24(31)29-26(30)33)13-18-12-19(27)8-10-23(18)34-14-17-5-3-4-6-22(17)28/h3-13H,14H2,1-2H3,(H,29,31,33)/b21-13+. The van der Waals surface area contributed by atoms with Gasteiger partial charge in [-0.1, -0.05) is 56.1 Å². The lowest BCUT2D eigenvalue weighted by Crippen LogP contribution is -2.54. The second-order valence-corrected chi connectivity index (χ2v) is 9.56. The molecule has 0 aromatic heterocycles. The first-order valence-electron chi connectivity index (χ1n) is 10.4. The Morgan fingerprint density at radius 2 is 1.71 bits per heavy atom. The van der Waals surface area contributed by atoms with Gasteiger partial charge in [0, 0.05) is 20.1 Å². The number of carbonyl (C=O) groups is 3. The third-order valence-electron chi connectivity index (χ3n) is 5.46. The molecule has 172 valence electrons. The molecule has 4 amide bonds. The number of halogens is 2. The first-order valence-corrected chi connectivity index (χ1v) is 12.0. The lowest BCUT2D eigenvalue weighted by atomic mass is 10.0. The van der Waals surface area contributed by atoms with Crippen LogP contribution in [0.2, 0.25) is 0 Å². The first-order chi connectivity index (χ1) is 16.2. The van der Waals surface area contributed by atoms with Gasteiger partial charge in [0.15, 0.2) is 0 Å². The summed E-state index contributed by atoms with van der Waals surface area (Å²) >= 11 is 6.93. The van der Waals surface area contributed by atoms with Crippen LogP contribution in [0.15, 0.2) is 75.2 Å². The molecule has 0 saturated carbocycles. The quantitative estimate of drug-likeness (QED) is 0.292. The number of urea groups is 1. The molecule has 1 heterocycles. The summed E-state index contributed by atoms with van der Waals surface area (Å²) in [7, 11) is 0. The highest BCUT2D eigenvalue weighted by atomic mass is 79.9. The van der Waals surface area contributed by atoms with Crippen LogP contribution in [0.3, 0.4) is 0 Å². The molecule has 1 aliphatic heterocycles. The van der Waals surface area contributed by atoms with E-state index in [4.69, 9.17) is 4.74 Å². The summed E-state index contributed by atoms with van der Waals surface area (Å²) in [6.45, 7) is 4.12. The molecule has 0 atom stereocenters. The highest BCUT2D eigenvalue weighted by molar-refractivity contribution is 9.10. The third-order valence-corrected chi connectivity index (χ3v) is 6.73. The summed E-state index contributed by atoms with van der Waals surface area (Å²) in [5.74, 6) is -0.970. The minimum Gasteiger partial charge on any atom is -0.488 e. The van der Waals surface area contributed by atoms with Gasteiger partial charge in [0.25, 0.3) is 11.8 Å². The molecule has 8 heteroatoms. The number of anilines is 1. The molecule has 4 rings (SSSR count). The number of amides is 4. The molecule has 1 N–H and O–H groups in total. The normalized spacial score (nSPS) is 15.0. The number of rotatable bonds is 5. The molecule has 1 aliphatic rings. The van der Waals surface area contributed by atoms with Crippen molar-refractivity contribution in [1.29, 1.82) is 0 Å². The number of nitrogens with zero attached hydrogens (tertiary/aromatic N) is 1. The predicted molar refractivity (Wildman–Crippen MR) is 138 cm³/mol. The van der Waals surface area contributed by atoms with Crippen LogP contribution in [-0.4, -0.2) is 17.8 Å². The predicted octanol–water partition coefficient (Wildman–Crippen LogP) is 6.07. The van der Waals surface area contributed by atoms with E-state index >= 15 is 0 Å². The molecule has 6 nitrogen and oxygen atoms in total. The zero-order chi connectivity index (χ0) is 24.4. The maximum atomic E-state index is 13.3. The SMILES string of the molecule is Cc1ccc(N2C(=O)NC(=O)/C(=C\c3cc(Br)ccc3OCc3ccccc3Br)C2=O)cc1C. The van der Waals surface area contributed by atoms with Crippen LogP contribution >= 0.6 is 31.9 Å². The van der Waals surface area contributed by atoms with Crippen LogP contribution in [0.25, 0.3) is 6.08 Å². The second kappa shape index (κ2) is 9.95. The van der Waals surface area contributed by atoms with Crippen LogP contribution in [0.4, 0.5) is 10.5 Å². The minimum absolute atomic E-state index is 0.165. The Kier molecular flexibility index (Phi) is 7.00. The molecule has 0 unspecified atom stereocenters. The molecule has 0 radical (unpaired) electrons. The molecule has 3 aromatic carbocycles. The van der Waals surface area contributed by atoms with Crippen molar-refractivity contribution in [2.75, 3.05) is 4.90 Å². The van der Waals surface area contributed by atoms with Gasteiger partial charge in [-0.2, -0.15) is 0 Å². The Labute approximate surface area is 213 Å². The van der Waals surface area contributed by atoms with E-state index in [9.17, 15) is 14.4 Å². The number of nitrogens with one attached hydrogen (secondary N) is 1. The second-order valence-electron chi connectivity index (χ2n) is 7.79. The average Bonchev–Trinajstić information content (AvgIpc) is 2.79. The summed E-state index contributed by atoms with van der Waals surface area (Å²) in [5, 5.41) is 2.26. The fourth-order valence-electron chi connectivity index (χ4n) is 3.45. The van der Waals surface area contributed by atoms with E-state index < -0.39 is 17.8 Å². The first kappa shape index (κ1) is 23.9. The summed E-state index contributed by atoms with van der Waals surface area (Å²) in [6, 6.07) is 17.5. The Morgan fingerprint density at radius 1 is 0.941 bits per heavy atom. The number of benzene rings is 3. The van der Waals surface area contributed by atoms with Crippen LogP contribution in [0.1, 0.15) is 22.3 Å². The number of ether oxygens (including phenoxy) is 1. The molecular formula is C26H20Br2N2O4. The maximum Gasteiger partial charge on any atom is 0.335 e. The molecular weight excluding hydrogens is 564 g/mol. The fraction of sp³-hybridized carbons (Fsp3) is 0.115. The van der Waals surface area contributed by atoms with Gasteiger partial charge in [0.2, 0.25) is 0 Å². The van der Waals surface area contributed by atoms with Crippen molar-refractivity contribution in [2.24, 2.45) is 0 Å². The van der Waals surface area contributed by atoms with E-state index in [0.717, 1.165) is 30.5 Å². The van der Waals surface area contributed by atoms with Crippen molar-refractivity contribution in [3.05, 3.63) is 97.4 Å². The minimum atomic E-state index is -0.782. The van der Waals surface area contributed by atoms with Crippen molar-refractivity contribution in [2.45, 2.75) is 20.5 Å². The van der Waals surface area contributed by atoms with Gasteiger partial charge in [-0.05, 0) is 67.4 Å². The Bertz CT molecular complexity index is 1350. The van der Waals surface area contributed by atoms with Crippen LogP contribution in [0, 0.1) is 13.8 Å². The molecule has 3 aromatic rings. The smallest absolute Gasteiger partial charge is 0.335 e. The van der Waals surface area contributed by atoms with Crippen molar-refractivity contribution >= 4 is 61.5 Å². The largest absolute Gasteiger partial charge is 0.488 e. The van der Waals surface area contributed by atoms with Crippen molar-refractivity contribution in [1.82, 2.24) is 5.32 Å². The fourth-order valence-corrected chi connectivity index (χ4v) is 4.22. The lowest BCUT2D eigenvalue weighted by molar-refractivity contribution is -0.122. The van der Waals surface area contributed by atoms with Crippen LogP contribution in [-0.2, 0) is 16.2 Å². The number of imide groups is 2. The highest BCUT2D eigenvalue weighted by Crippen LogP contribution is 2.30. The average molecular weight is 584 g/mol. The number of hydrogen-bond donors (Lipinski definition) is 1. The molecule has 34 heavy (non-hydrogen) atoms. The molecule has 0 bridgehead atoms. The van der Waals surface area contributed by atoms with E-state index in [1.807, 2.05) is 50.2 Å². The zero-order valence-electron chi connectivity index (χ0n) is 18.4. The highest BCUT2D eigenvalue weighted by Gasteiger charge is 2.37. The monoisotopic (exact) mass is 582 g/mol. The molecule has 0 spiro atoms. The van der Waals surface area contributed by atoms with E-state index in [2.05, 4.69) is 37.2 Å². The van der Waals surface area contributed by atoms with Gasteiger partial charge in [0.1, 0.15) is 17.9 Å². The molecule has 1 saturated heterocycles. The number of hydrogen-bond acceptors (Lipinski definition) is 4. The topological polar surface area (TPSA) is 75.7 Å². The summed E-state index contributed by atoms with van der Waals surface area (Å²) < 4.78 is 7.68. The van der Waals surface area contributed by atoms with Gasteiger partial charge >= 0.3 is 6.03 Å². The van der Waals surface area contributed by atoms with Gasteiger partial charge < -0.3 is 4.74 Å². The third kappa shape index (κ3) is 4.98. The van der Waals surface area contributed by atoms with Crippen molar-refractivity contribution in [3.8, 4) is 5.75 Å². The summed E-state index contributed by atoms with van der Waals surface area (Å²) in [4.78, 5) is 39.4. The molecule has 1 fully saturated rings. The maximum absolute atomic E-state index is 13.3. The Balaban J connectivity index is 1.69. The van der Waals surface area contributed by atoms with E-state index in [-0.39, 0.29) is 12.2 Å². The lowest BCUT2D eigenvalue weighted by Gasteiger charge is -2.27. The van der Waals surface area contributed by atoms with Crippen molar-refractivity contribution < 1.29 is 19.1 Å². The van der Waals surface area contributed by atoms with Gasteiger partial charge in [0.05, 0.1) is 5.69 Å². The van der Waals surface area contributed by atoms with E-state index in [1.54, 1.807) is 24.3 Å². The number of carbonyl (C=O) groups excluding carboxylic acids is 3. The molecule has 0 aliphatic carbocycles. The van der Waals surface area contributed by atoms with Gasteiger partial charge in [-0.15, -0.1) is 0 Å². The van der Waals surface area contributed by atoms with E-state index in [0.29, 0.717) is 17.0 Å².